The SMILES string of the molecule is CCc1cccc(S(=O)(=O)NC(Cn2cncn2)C(=O)O)c1. The molecule has 0 amide bonds. The molecule has 9 heteroatoms. The van der Waals surface area contributed by atoms with Crippen LogP contribution in [0.2, 0.25) is 0 Å². The van der Waals surface area contributed by atoms with Gasteiger partial charge in [0.05, 0.1) is 11.4 Å². The fourth-order valence-corrected chi connectivity index (χ4v) is 3.12. The van der Waals surface area contributed by atoms with Gasteiger partial charge in [0.15, 0.2) is 0 Å². The quantitative estimate of drug-likeness (QED) is 0.756. The lowest BCUT2D eigenvalue weighted by atomic mass is 10.2. The first-order valence-corrected chi connectivity index (χ1v) is 8.07. The van der Waals surface area contributed by atoms with Gasteiger partial charge in [0.2, 0.25) is 10.0 Å². The van der Waals surface area contributed by atoms with E-state index in [1.165, 1.54) is 29.5 Å². The maximum absolute atomic E-state index is 12.3. The Labute approximate surface area is 127 Å². The lowest BCUT2D eigenvalue weighted by molar-refractivity contribution is -0.139. The summed E-state index contributed by atoms with van der Waals surface area (Å²) in [6.07, 6.45) is 3.25. The number of hydrogen-bond donors (Lipinski definition) is 2. The minimum Gasteiger partial charge on any atom is -0.480 e. The molecule has 1 heterocycles. The standard InChI is InChI=1S/C13H16N4O4S/c1-2-10-4-3-5-11(6-10)22(20,21)16-12(13(18)19)7-17-9-14-8-15-17/h3-6,8-9,12,16H,2,7H2,1H3,(H,18,19). The molecule has 2 aromatic rings. The number of nitrogens with zero attached hydrogens (tertiary/aromatic N) is 3. The van der Waals surface area contributed by atoms with E-state index < -0.39 is 22.0 Å². The van der Waals surface area contributed by atoms with Gasteiger partial charge in [0.1, 0.15) is 18.7 Å². The van der Waals surface area contributed by atoms with Crippen LogP contribution in [0, 0.1) is 0 Å². The summed E-state index contributed by atoms with van der Waals surface area (Å²) < 4.78 is 28.1. The van der Waals surface area contributed by atoms with Gasteiger partial charge < -0.3 is 5.11 Å². The minimum atomic E-state index is -3.93. The molecule has 118 valence electrons. The molecule has 1 atom stereocenters. The Morgan fingerprint density at radius 2 is 2.23 bits per heavy atom. The molecule has 0 aliphatic rings. The summed E-state index contributed by atoms with van der Waals surface area (Å²) in [5, 5.41) is 13.0. The summed E-state index contributed by atoms with van der Waals surface area (Å²) in [5.41, 5.74) is 0.853. The van der Waals surface area contributed by atoms with Crippen molar-refractivity contribution >= 4 is 16.0 Å². The summed E-state index contributed by atoms with van der Waals surface area (Å²) in [4.78, 5) is 15.0. The lowest BCUT2D eigenvalue weighted by Crippen LogP contribution is -2.43. The van der Waals surface area contributed by atoms with Crippen molar-refractivity contribution in [2.45, 2.75) is 30.8 Å². The number of benzene rings is 1. The number of nitrogens with one attached hydrogen (secondary N) is 1. The van der Waals surface area contributed by atoms with Crippen LogP contribution < -0.4 is 4.72 Å². The van der Waals surface area contributed by atoms with E-state index in [2.05, 4.69) is 14.8 Å². The number of aliphatic carboxylic acids is 1. The first kappa shape index (κ1) is 16.1. The third-order valence-corrected chi connectivity index (χ3v) is 4.52. The molecule has 0 fully saturated rings. The van der Waals surface area contributed by atoms with Crippen molar-refractivity contribution in [1.29, 1.82) is 0 Å². The van der Waals surface area contributed by atoms with Gasteiger partial charge in [0, 0.05) is 0 Å². The average Bonchev–Trinajstić information content (AvgIpc) is 2.99. The van der Waals surface area contributed by atoms with Crippen LogP contribution in [0.25, 0.3) is 0 Å². The Hall–Kier alpha value is -2.26. The average molecular weight is 324 g/mol. The number of carbonyl (C=O) groups is 1. The molecular formula is C13H16N4O4S. The van der Waals surface area contributed by atoms with Gasteiger partial charge in [0.25, 0.3) is 0 Å². The molecule has 0 spiro atoms. The number of aromatic nitrogens is 3. The Bertz CT molecular complexity index is 743. The van der Waals surface area contributed by atoms with E-state index in [0.717, 1.165) is 5.56 Å². The monoisotopic (exact) mass is 324 g/mol. The van der Waals surface area contributed by atoms with E-state index in [-0.39, 0.29) is 11.4 Å². The van der Waals surface area contributed by atoms with E-state index >= 15 is 0 Å². The van der Waals surface area contributed by atoms with Crippen LogP contribution >= 0.6 is 0 Å². The van der Waals surface area contributed by atoms with Crippen molar-refractivity contribution in [3.05, 3.63) is 42.5 Å². The summed E-state index contributed by atoms with van der Waals surface area (Å²) in [7, 11) is -3.93. The Balaban J connectivity index is 2.22. The number of hydrogen-bond acceptors (Lipinski definition) is 5. The van der Waals surface area contributed by atoms with E-state index in [0.29, 0.717) is 6.42 Å². The number of sulfonamides is 1. The van der Waals surface area contributed by atoms with Crippen LogP contribution in [0.15, 0.2) is 41.8 Å². The molecule has 22 heavy (non-hydrogen) atoms. The lowest BCUT2D eigenvalue weighted by Gasteiger charge is -2.15. The molecule has 0 saturated carbocycles. The molecule has 1 unspecified atom stereocenters. The fourth-order valence-electron chi connectivity index (χ4n) is 1.87. The van der Waals surface area contributed by atoms with Crippen molar-refractivity contribution in [1.82, 2.24) is 19.5 Å². The molecule has 1 aromatic carbocycles. The zero-order valence-corrected chi connectivity index (χ0v) is 12.7. The van der Waals surface area contributed by atoms with E-state index in [9.17, 15) is 18.3 Å². The third-order valence-electron chi connectivity index (χ3n) is 3.05. The number of rotatable bonds is 7. The maximum Gasteiger partial charge on any atom is 0.323 e. The fraction of sp³-hybridized carbons (Fsp3) is 0.308. The third kappa shape index (κ3) is 3.89. The number of carboxylic acids is 1. The predicted octanol–water partition coefficient (Wildman–Crippen LogP) is 0.272. The van der Waals surface area contributed by atoms with Crippen LogP contribution in [-0.2, 0) is 27.8 Å². The van der Waals surface area contributed by atoms with Gasteiger partial charge in [-0.25, -0.2) is 13.4 Å². The first-order valence-electron chi connectivity index (χ1n) is 6.59. The smallest absolute Gasteiger partial charge is 0.323 e. The second-order valence-corrected chi connectivity index (χ2v) is 6.34. The van der Waals surface area contributed by atoms with Crippen molar-refractivity contribution in [3.8, 4) is 0 Å². The van der Waals surface area contributed by atoms with Gasteiger partial charge in [-0.1, -0.05) is 19.1 Å². The molecule has 2 N–H and O–H groups in total. The van der Waals surface area contributed by atoms with Gasteiger partial charge in [-0.05, 0) is 24.1 Å². The zero-order valence-electron chi connectivity index (χ0n) is 11.9. The van der Waals surface area contributed by atoms with Crippen LogP contribution in [0.3, 0.4) is 0 Å². The maximum atomic E-state index is 12.3. The van der Waals surface area contributed by atoms with Gasteiger partial charge in [-0.3, -0.25) is 9.48 Å². The van der Waals surface area contributed by atoms with Crippen LogP contribution in [0.1, 0.15) is 12.5 Å². The molecule has 0 bridgehead atoms. The molecular weight excluding hydrogens is 308 g/mol. The van der Waals surface area contributed by atoms with Gasteiger partial charge in [-0.2, -0.15) is 9.82 Å². The molecule has 0 radical (unpaired) electrons. The Kier molecular flexibility index (Phi) is 4.88. The number of carboxylic acid groups (broad SMARTS) is 1. The van der Waals surface area contributed by atoms with Crippen molar-refractivity contribution < 1.29 is 18.3 Å². The summed E-state index contributed by atoms with van der Waals surface area (Å²) in [5.74, 6) is -1.29. The topological polar surface area (TPSA) is 114 Å². The van der Waals surface area contributed by atoms with Crippen molar-refractivity contribution in [2.24, 2.45) is 0 Å². The van der Waals surface area contributed by atoms with Crippen LogP contribution in [0.5, 0.6) is 0 Å². The summed E-state index contributed by atoms with van der Waals surface area (Å²) >= 11 is 0. The van der Waals surface area contributed by atoms with Crippen molar-refractivity contribution in [2.75, 3.05) is 0 Å². The zero-order chi connectivity index (χ0) is 16.2. The van der Waals surface area contributed by atoms with E-state index in [1.54, 1.807) is 6.07 Å². The molecule has 0 aliphatic heterocycles. The minimum absolute atomic E-state index is 0.0386. The van der Waals surface area contributed by atoms with Crippen LogP contribution in [0.4, 0.5) is 0 Å². The first-order chi connectivity index (χ1) is 10.4. The van der Waals surface area contributed by atoms with E-state index in [1.807, 2.05) is 13.0 Å². The normalized spacial score (nSPS) is 13.0. The molecule has 1 aromatic heterocycles. The Morgan fingerprint density at radius 3 is 2.82 bits per heavy atom. The highest BCUT2D eigenvalue weighted by Gasteiger charge is 2.26. The molecule has 8 nitrogen and oxygen atoms in total. The van der Waals surface area contributed by atoms with Crippen LogP contribution in [-0.4, -0.2) is 40.3 Å². The highest BCUT2D eigenvalue weighted by atomic mass is 32.2. The number of aryl methyl sites for hydroxylation is 1. The predicted molar refractivity (Wildman–Crippen MR) is 77.6 cm³/mol. The second-order valence-electron chi connectivity index (χ2n) is 4.63. The van der Waals surface area contributed by atoms with Gasteiger partial charge >= 0.3 is 5.97 Å². The second kappa shape index (κ2) is 6.67. The highest BCUT2D eigenvalue weighted by Crippen LogP contribution is 2.12. The van der Waals surface area contributed by atoms with Crippen molar-refractivity contribution in [3.63, 3.8) is 0 Å². The molecule has 0 aliphatic carbocycles. The van der Waals surface area contributed by atoms with E-state index in [4.69, 9.17) is 0 Å². The Morgan fingerprint density at radius 1 is 1.45 bits per heavy atom. The van der Waals surface area contributed by atoms with Gasteiger partial charge in [-0.15, -0.1) is 0 Å². The summed E-state index contributed by atoms with van der Waals surface area (Å²) in [6.45, 7) is 1.76. The molecule has 2 rings (SSSR count). The molecule has 0 saturated heterocycles. The summed E-state index contributed by atoms with van der Waals surface area (Å²) in [6, 6.07) is 5.05. The highest BCUT2D eigenvalue weighted by molar-refractivity contribution is 7.89. The largest absolute Gasteiger partial charge is 0.480 e.